The summed E-state index contributed by atoms with van der Waals surface area (Å²) in [7, 11) is 0. The highest BCUT2D eigenvalue weighted by molar-refractivity contribution is 5.89. The number of ether oxygens (including phenoxy) is 1. The van der Waals surface area contributed by atoms with Gasteiger partial charge in [-0.1, -0.05) is 0 Å². The van der Waals surface area contributed by atoms with E-state index >= 15 is 0 Å². The van der Waals surface area contributed by atoms with E-state index in [1.54, 1.807) is 6.92 Å². The van der Waals surface area contributed by atoms with Crippen LogP contribution in [0.1, 0.15) is 29.3 Å². The summed E-state index contributed by atoms with van der Waals surface area (Å²) in [5.74, 6) is -3.29. The van der Waals surface area contributed by atoms with E-state index in [1.807, 2.05) is 0 Å². The number of hydrogen-bond donors (Lipinski definition) is 1. The summed E-state index contributed by atoms with van der Waals surface area (Å²) in [6.45, 7) is 1.67. The van der Waals surface area contributed by atoms with Crippen LogP contribution in [0.25, 0.3) is 0 Å². The second-order valence-corrected chi connectivity index (χ2v) is 2.88. The second-order valence-electron chi connectivity index (χ2n) is 2.88. The predicted molar refractivity (Wildman–Crippen MR) is 49.5 cm³/mol. The van der Waals surface area contributed by atoms with Crippen LogP contribution in [0, 0.1) is 5.82 Å². The minimum atomic E-state index is -3.20. The third-order valence-electron chi connectivity index (χ3n) is 1.89. The van der Waals surface area contributed by atoms with Gasteiger partial charge >= 0.3 is 5.97 Å². The first kappa shape index (κ1) is 12.4. The van der Waals surface area contributed by atoms with Crippen molar-refractivity contribution in [3.05, 3.63) is 29.1 Å². The van der Waals surface area contributed by atoms with Gasteiger partial charge in [-0.2, -0.15) is 0 Å². The molecule has 1 N–H and O–H groups in total. The number of benzene rings is 1. The van der Waals surface area contributed by atoms with E-state index in [9.17, 15) is 18.0 Å². The van der Waals surface area contributed by atoms with Crippen LogP contribution in [0.4, 0.5) is 13.2 Å². The topological polar surface area (TPSA) is 46.5 Å². The molecule has 1 aromatic rings. The number of rotatable bonds is 4. The highest BCUT2D eigenvalue weighted by Gasteiger charge is 2.25. The van der Waals surface area contributed by atoms with Crippen molar-refractivity contribution in [2.75, 3.05) is 6.61 Å². The lowest BCUT2D eigenvalue weighted by Crippen LogP contribution is -2.07. The van der Waals surface area contributed by atoms with Crippen LogP contribution in [-0.4, -0.2) is 17.7 Å². The fourth-order valence-corrected chi connectivity index (χ4v) is 1.24. The summed E-state index contributed by atoms with van der Waals surface area (Å²) < 4.78 is 43.2. The third-order valence-corrected chi connectivity index (χ3v) is 1.89. The van der Waals surface area contributed by atoms with Crippen molar-refractivity contribution >= 4 is 5.97 Å². The number of carbonyl (C=O) groups is 1. The molecular formula is C10H9F3O3. The lowest BCUT2D eigenvalue weighted by atomic mass is 10.1. The predicted octanol–water partition coefficient (Wildman–Crippen LogP) is 2.86. The molecule has 16 heavy (non-hydrogen) atoms. The smallest absolute Gasteiger partial charge is 0.336 e. The van der Waals surface area contributed by atoms with E-state index in [0.29, 0.717) is 0 Å². The van der Waals surface area contributed by atoms with Crippen LogP contribution >= 0.6 is 0 Å². The fraction of sp³-hybridized carbons (Fsp3) is 0.300. The number of alkyl halides is 2. The Morgan fingerprint density at radius 3 is 2.56 bits per heavy atom. The Balaban J connectivity index is 3.35. The van der Waals surface area contributed by atoms with Gasteiger partial charge in [0.25, 0.3) is 6.43 Å². The normalized spacial score (nSPS) is 10.6. The van der Waals surface area contributed by atoms with Crippen molar-refractivity contribution in [2.24, 2.45) is 0 Å². The molecule has 1 aromatic carbocycles. The number of halogens is 3. The average Bonchev–Trinajstić information content (AvgIpc) is 2.20. The summed E-state index contributed by atoms with van der Waals surface area (Å²) in [6.07, 6.45) is -3.20. The summed E-state index contributed by atoms with van der Waals surface area (Å²) in [5, 5.41) is 8.62. The van der Waals surface area contributed by atoms with Gasteiger partial charge in [0.2, 0.25) is 0 Å². The highest BCUT2D eigenvalue weighted by atomic mass is 19.3. The summed E-state index contributed by atoms with van der Waals surface area (Å²) >= 11 is 0. The maximum atomic E-state index is 13.5. The molecule has 0 saturated carbocycles. The Bertz CT molecular complexity index is 405. The van der Waals surface area contributed by atoms with Gasteiger partial charge in [0.15, 0.2) is 11.6 Å². The minimum Gasteiger partial charge on any atom is -0.491 e. The molecule has 0 unspecified atom stereocenters. The van der Waals surface area contributed by atoms with Gasteiger partial charge < -0.3 is 9.84 Å². The summed E-state index contributed by atoms with van der Waals surface area (Å²) in [5.41, 5.74) is -1.89. The Hall–Kier alpha value is -1.72. The van der Waals surface area contributed by atoms with Crippen molar-refractivity contribution in [1.29, 1.82) is 0 Å². The SMILES string of the molecule is CCOc1ccc(C(=O)O)c(C(F)F)c1F. The molecule has 0 saturated heterocycles. The molecular weight excluding hydrogens is 225 g/mol. The maximum absolute atomic E-state index is 13.5. The van der Waals surface area contributed by atoms with E-state index in [2.05, 4.69) is 0 Å². The van der Waals surface area contributed by atoms with Gasteiger partial charge in [0, 0.05) is 0 Å². The Kier molecular flexibility index (Phi) is 3.76. The van der Waals surface area contributed by atoms with E-state index in [0.717, 1.165) is 12.1 Å². The number of aromatic carboxylic acids is 1. The second kappa shape index (κ2) is 4.87. The quantitative estimate of drug-likeness (QED) is 0.871. The van der Waals surface area contributed by atoms with Crippen molar-refractivity contribution in [1.82, 2.24) is 0 Å². The highest BCUT2D eigenvalue weighted by Crippen LogP contribution is 2.31. The van der Waals surface area contributed by atoms with Gasteiger partial charge in [-0.25, -0.2) is 18.0 Å². The van der Waals surface area contributed by atoms with Gasteiger partial charge in [0.05, 0.1) is 17.7 Å². The molecule has 3 nitrogen and oxygen atoms in total. The monoisotopic (exact) mass is 234 g/mol. The summed E-state index contributed by atoms with van der Waals surface area (Å²) in [4.78, 5) is 10.6. The number of carboxylic acid groups (broad SMARTS) is 1. The van der Waals surface area contributed by atoms with Crippen LogP contribution in [0.5, 0.6) is 5.75 Å². The Morgan fingerprint density at radius 1 is 1.50 bits per heavy atom. The van der Waals surface area contributed by atoms with Crippen LogP contribution < -0.4 is 4.74 Å². The zero-order chi connectivity index (χ0) is 12.3. The van der Waals surface area contributed by atoms with Crippen LogP contribution in [0.15, 0.2) is 12.1 Å². The number of hydrogen-bond acceptors (Lipinski definition) is 2. The van der Waals surface area contributed by atoms with E-state index < -0.39 is 29.3 Å². The number of carboxylic acids is 1. The molecule has 0 aromatic heterocycles. The minimum absolute atomic E-state index is 0.103. The van der Waals surface area contributed by atoms with Crippen molar-refractivity contribution in [2.45, 2.75) is 13.3 Å². The van der Waals surface area contributed by atoms with Gasteiger partial charge in [-0.05, 0) is 19.1 Å². The van der Waals surface area contributed by atoms with Crippen molar-refractivity contribution in [3.63, 3.8) is 0 Å². The average molecular weight is 234 g/mol. The van der Waals surface area contributed by atoms with Gasteiger partial charge in [0.1, 0.15) is 0 Å². The van der Waals surface area contributed by atoms with E-state index in [4.69, 9.17) is 9.84 Å². The Morgan fingerprint density at radius 2 is 2.12 bits per heavy atom. The molecule has 6 heteroatoms. The molecule has 0 atom stereocenters. The molecule has 0 heterocycles. The molecule has 0 radical (unpaired) electrons. The molecule has 0 aliphatic rings. The molecule has 0 spiro atoms. The molecule has 88 valence electrons. The van der Waals surface area contributed by atoms with Crippen LogP contribution in [0.3, 0.4) is 0 Å². The zero-order valence-electron chi connectivity index (χ0n) is 8.34. The van der Waals surface area contributed by atoms with Gasteiger partial charge in [-0.15, -0.1) is 0 Å². The lowest BCUT2D eigenvalue weighted by molar-refractivity contribution is 0.0682. The largest absolute Gasteiger partial charge is 0.491 e. The fourth-order valence-electron chi connectivity index (χ4n) is 1.24. The first-order valence-corrected chi connectivity index (χ1v) is 4.45. The first-order chi connectivity index (χ1) is 7.49. The zero-order valence-corrected chi connectivity index (χ0v) is 8.34. The van der Waals surface area contributed by atoms with E-state index in [1.165, 1.54) is 0 Å². The third kappa shape index (κ3) is 2.26. The molecule has 1 rings (SSSR count). The standard InChI is InChI=1S/C10H9F3O3/c1-2-16-6-4-3-5(10(14)15)7(8(6)11)9(12)13/h3-4,9H,2H2,1H3,(H,14,15). The van der Waals surface area contributed by atoms with Gasteiger partial charge in [-0.3, -0.25) is 0 Å². The first-order valence-electron chi connectivity index (χ1n) is 4.45. The summed E-state index contributed by atoms with van der Waals surface area (Å²) in [6, 6.07) is 1.92. The Labute approximate surface area is 89.5 Å². The van der Waals surface area contributed by atoms with Crippen LogP contribution in [-0.2, 0) is 0 Å². The van der Waals surface area contributed by atoms with Crippen LogP contribution in [0.2, 0.25) is 0 Å². The van der Waals surface area contributed by atoms with Crippen molar-refractivity contribution in [3.8, 4) is 5.75 Å². The molecule has 0 fully saturated rings. The van der Waals surface area contributed by atoms with E-state index in [-0.39, 0.29) is 12.4 Å². The lowest BCUT2D eigenvalue weighted by Gasteiger charge is -2.10. The molecule has 0 bridgehead atoms. The maximum Gasteiger partial charge on any atom is 0.336 e. The molecule has 0 amide bonds. The molecule has 0 aliphatic heterocycles. The molecule has 0 aliphatic carbocycles. The van der Waals surface area contributed by atoms with Crippen molar-refractivity contribution < 1.29 is 27.8 Å².